The molecule has 0 saturated heterocycles. The number of nitrogens with one attached hydrogen (secondary N) is 1. The normalized spacial score (nSPS) is 15.3. The number of anilines is 1. The van der Waals surface area contributed by atoms with Crippen molar-refractivity contribution in [2.75, 3.05) is 4.72 Å². The molecule has 37 heavy (non-hydrogen) atoms. The smallest absolute Gasteiger partial charge is 0.387 e. The van der Waals surface area contributed by atoms with Crippen LogP contribution in [-0.2, 0) is 10.0 Å². The van der Waals surface area contributed by atoms with E-state index in [0.717, 1.165) is 38.2 Å². The van der Waals surface area contributed by atoms with E-state index in [1.807, 2.05) is 4.57 Å². The Morgan fingerprint density at radius 2 is 1.73 bits per heavy atom. The predicted molar refractivity (Wildman–Crippen MR) is 137 cm³/mol. The van der Waals surface area contributed by atoms with Crippen LogP contribution in [-0.4, -0.2) is 30.3 Å². The Hall–Kier alpha value is -3.21. The van der Waals surface area contributed by atoms with Gasteiger partial charge < -0.3 is 15.0 Å². The number of hydrogen-bond donors (Lipinski definition) is 2. The number of sulfonamides is 1. The molecule has 3 aromatic rings. The fraction of sp³-hybridized carbons (Fsp3) is 0.423. The van der Waals surface area contributed by atoms with Gasteiger partial charge in [0, 0.05) is 23.2 Å². The van der Waals surface area contributed by atoms with E-state index in [4.69, 9.17) is 5.73 Å². The monoisotopic (exact) mass is 537 g/mol. The van der Waals surface area contributed by atoms with Crippen molar-refractivity contribution in [2.24, 2.45) is 5.73 Å². The van der Waals surface area contributed by atoms with Gasteiger partial charge in [-0.3, -0.25) is 9.52 Å². The molecule has 0 radical (unpaired) electrons. The lowest BCUT2D eigenvalue weighted by Crippen LogP contribution is -2.33. The number of alkyl halides is 2. The van der Waals surface area contributed by atoms with E-state index < -0.39 is 38.9 Å². The molecule has 4 rings (SSSR count). The van der Waals surface area contributed by atoms with Gasteiger partial charge in [-0.1, -0.05) is 31.4 Å². The van der Waals surface area contributed by atoms with Gasteiger partial charge >= 0.3 is 6.61 Å². The first-order valence-electron chi connectivity index (χ1n) is 12.0. The maximum atomic E-state index is 14.7. The molecule has 0 unspecified atom stereocenters. The number of hydrogen-bond acceptors (Lipinski definition) is 4. The minimum absolute atomic E-state index is 0.0612. The third-order valence-corrected chi connectivity index (χ3v) is 8.79. The van der Waals surface area contributed by atoms with E-state index in [-0.39, 0.29) is 17.0 Å². The molecule has 11 heteroatoms. The van der Waals surface area contributed by atoms with Crippen LogP contribution in [0, 0.1) is 5.82 Å². The largest absolute Gasteiger partial charge is 0.432 e. The highest BCUT2D eigenvalue weighted by Crippen LogP contribution is 2.42. The van der Waals surface area contributed by atoms with Crippen LogP contribution in [0.4, 0.5) is 18.9 Å². The van der Waals surface area contributed by atoms with E-state index in [1.165, 1.54) is 6.07 Å². The summed E-state index contributed by atoms with van der Waals surface area (Å²) in [4.78, 5) is 12.7. The highest BCUT2D eigenvalue weighted by Gasteiger charge is 2.31. The molecule has 0 bridgehead atoms. The quantitative estimate of drug-likeness (QED) is 0.375. The molecule has 0 atom stereocenters. The lowest BCUT2D eigenvalue weighted by molar-refractivity contribution is -0.0521. The van der Waals surface area contributed by atoms with Gasteiger partial charge in [-0.05, 0) is 57.4 Å². The number of primary amides is 1. The molecule has 1 aliphatic carbocycles. The van der Waals surface area contributed by atoms with Gasteiger partial charge in [-0.15, -0.1) is 0 Å². The van der Waals surface area contributed by atoms with Gasteiger partial charge in [0.1, 0.15) is 0 Å². The maximum Gasteiger partial charge on any atom is 0.387 e. The van der Waals surface area contributed by atoms with Crippen LogP contribution in [0.15, 0.2) is 36.4 Å². The lowest BCUT2D eigenvalue weighted by atomic mass is 9.94. The lowest BCUT2D eigenvalue weighted by Gasteiger charge is -2.27. The molecule has 1 amide bonds. The van der Waals surface area contributed by atoms with Crippen molar-refractivity contribution < 1.29 is 31.1 Å². The molecule has 1 heterocycles. The summed E-state index contributed by atoms with van der Waals surface area (Å²) >= 11 is 0. The van der Waals surface area contributed by atoms with Gasteiger partial charge in [0.25, 0.3) is 5.91 Å². The Morgan fingerprint density at radius 3 is 2.27 bits per heavy atom. The number of nitrogens with zero attached hydrogens (tertiary/aromatic N) is 1. The fourth-order valence-corrected chi connectivity index (χ4v) is 5.51. The topological polar surface area (TPSA) is 103 Å². The van der Waals surface area contributed by atoms with Crippen molar-refractivity contribution in [3.8, 4) is 17.0 Å². The maximum absolute atomic E-state index is 14.7. The highest BCUT2D eigenvalue weighted by atomic mass is 32.2. The molecule has 1 fully saturated rings. The van der Waals surface area contributed by atoms with Gasteiger partial charge in [0.05, 0.1) is 21.5 Å². The van der Waals surface area contributed by atoms with E-state index in [0.29, 0.717) is 22.5 Å². The van der Waals surface area contributed by atoms with Crippen molar-refractivity contribution in [1.29, 1.82) is 0 Å². The van der Waals surface area contributed by atoms with Crippen molar-refractivity contribution in [1.82, 2.24) is 4.57 Å². The second-order valence-corrected chi connectivity index (χ2v) is 12.7. The zero-order chi connectivity index (χ0) is 27.1. The number of aromatic nitrogens is 1. The number of rotatable bonds is 7. The molecule has 3 N–H and O–H groups in total. The van der Waals surface area contributed by atoms with E-state index in [2.05, 4.69) is 9.46 Å². The third kappa shape index (κ3) is 5.27. The van der Waals surface area contributed by atoms with E-state index in [1.54, 1.807) is 45.0 Å². The number of fused-ring (bicyclic) bond motifs is 1. The molecule has 2 aromatic carbocycles. The van der Waals surface area contributed by atoms with Gasteiger partial charge in [-0.2, -0.15) is 8.78 Å². The van der Waals surface area contributed by atoms with Gasteiger partial charge in [0.15, 0.2) is 11.6 Å². The first-order chi connectivity index (χ1) is 17.3. The second kappa shape index (κ2) is 9.92. The second-order valence-electron chi connectivity index (χ2n) is 10.2. The van der Waals surface area contributed by atoms with Crippen molar-refractivity contribution in [3.63, 3.8) is 0 Å². The van der Waals surface area contributed by atoms with Crippen molar-refractivity contribution >= 4 is 32.5 Å². The number of amides is 1. The Bertz CT molecular complexity index is 1420. The summed E-state index contributed by atoms with van der Waals surface area (Å²) in [5, 5.41) is 0.199. The van der Waals surface area contributed by atoms with Crippen molar-refractivity contribution in [2.45, 2.75) is 70.3 Å². The summed E-state index contributed by atoms with van der Waals surface area (Å²) in [6.45, 7) is 1.52. The molecule has 7 nitrogen and oxygen atoms in total. The minimum Gasteiger partial charge on any atom is -0.432 e. The summed E-state index contributed by atoms with van der Waals surface area (Å²) in [5.41, 5.74) is 7.50. The van der Waals surface area contributed by atoms with Crippen LogP contribution in [0.5, 0.6) is 5.75 Å². The zero-order valence-corrected chi connectivity index (χ0v) is 21.7. The van der Waals surface area contributed by atoms with Crippen LogP contribution in [0.25, 0.3) is 22.2 Å². The summed E-state index contributed by atoms with van der Waals surface area (Å²) in [7, 11) is -3.66. The summed E-state index contributed by atoms with van der Waals surface area (Å²) in [6.07, 6.45) is 4.47. The average molecular weight is 538 g/mol. The molecule has 1 aromatic heterocycles. The third-order valence-electron chi connectivity index (χ3n) is 6.68. The fourth-order valence-electron chi connectivity index (χ4n) is 4.75. The van der Waals surface area contributed by atoms with Crippen LogP contribution in [0.3, 0.4) is 0 Å². The Morgan fingerprint density at radius 1 is 1.11 bits per heavy atom. The van der Waals surface area contributed by atoms with Crippen LogP contribution in [0.1, 0.15) is 69.3 Å². The standard InChI is InChI=1S/C26H30F3N3O4S/c1-26(2,3)37(34,35)31-16-11-9-15(10-12-16)23-22(24(30)33)18-13-19(27)21(36-25(28)29)14-20(18)32(23)17-7-5-4-6-8-17/h9-14,17,25,31H,4-8H2,1-3H3,(H2,30,33). The van der Waals surface area contributed by atoms with Crippen LogP contribution < -0.4 is 15.2 Å². The first kappa shape index (κ1) is 26.8. The summed E-state index contributed by atoms with van der Waals surface area (Å²) in [6, 6.07) is 8.54. The van der Waals surface area contributed by atoms with Gasteiger partial charge in [0.2, 0.25) is 10.0 Å². The minimum atomic E-state index is -3.66. The number of nitrogens with two attached hydrogens (primary N) is 1. The molecule has 0 spiro atoms. The zero-order valence-electron chi connectivity index (χ0n) is 20.9. The number of carbonyl (C=O) groups is 1. The molecule has 0 aliphatic heterocycles. The SMILES string of the molecule is CC(C)(C)S(=O)(=O)Nc1ccc(-c2c(C(N)=O)c3cc(F)c(OC(F)F)cc3n2C2CCCCC2)cc1. The number of benzene rings is 2. The highest BCUT2D eigenvalue weighted by molar-refractivity contribution is 7.94. The number of ether oxygens (including phenoxy) is 1. The summed E-state index contributed by atoms with van der Waals surface area (Å²) in [5.74, 6) is -2.45. The average Bonchev–Trinajstić information content (AvgIpc) is 3.13. The molecular formula is C26H30F3N3O4S. The van der Waals surface area contributed by atoms with Crippen LogP contribution in [0.2, 0.25) is 0 Å². The molecule has 1 aliphatic rings. The molecule has 1 saturated carbocycles. The Kier molecular flexibility index (Phi) is 7.20. The van der Waals surface area contributed by atoms with Crippen molar-refractivity contribution in [3.05, 3.63) is 47.8 Å². The van der Waals surface area contributed by atoms with Gasteiger partial charge in [-0.25, -0.2) is 12.8 Å². The Balaban J connectivity index is 1.92. The first-order valence-corrected chi connectivity index (χ1v) is 13.5. The van der Waals surface area contributed by atoms with Crippen LogP contribution >= 0.6 is 0 Å². The summed E-state index contributed by atoms with van der Waals surface area (Å²) < 4.78 is 73.5. The molecule has 200 valence electrons. The number of halogens is 3. The van der Waals surface area contributed by atoms with E-state index >= 15 is 0 Å². The molecular weight excluding hydrogens is 507 g/mol. The Labute approximate surface area is 213 Å². The predicted octanol–water partition coefficient (Wildman–Crippen LogP) is 6.19. The number of carbonyl (C=O) groups excluding carboxylic acids is 1. The van der Waals surface area contributed by atoms with E-state index in [9.17, 15) is 26.4 Å².